The summed E-state index contributed by atoms with van der Waals surface area (Å²) in [7, 11) is 0. The van der Waals surface area contributed by atoms with Crippen LogP contribution in [0.3, 0.4) is 0 Å². The summed E-state index contributed by atoms with van der Waals surface area (Å²) in [6.45, 7) is 6.41. The molecule has 0 N–H and O–H groups in total. The van der Waals surface area contributed by atoms with Gasteiger partial charge in [0.25, 0.3) is 0 Å². The van der Waals surface area contributed by atoms with Gasteiger partial charge >= 0.3 is 5.97 Å². The van der Waals surface area contributed by atoms with E-state index in [1.165, 1.54) is 12.1 Å². The topological polar surface area (TPSA) is 68.5 Å². The lowest BCUT2D eigenvalue weighted by Crippen LogP contribution is -2.07. The molecule has 1 aromatic rings. The Balaban J connectivity index is 3.28. The fourth-order valence-corrected chi connectivity index (χ4v) is 1.57. The second kappa shape index (κ2) is 7.27. The number of nitriles is 1. The predicted molar refractivity (Wildman–Crippen MR) is 69.5 cm³/mol. The highest BCUT2D eigenvalue weighted by molar-refractivity contribution is 5.91. The zero-order valence-corrected chi connectivity index (χ0v) is 11.4. The van der Waals surface area contributed by atoms with Crippen molar-refractivity contribution in [3.63, 3.8) is 0 Å². The van der Waals surface area contributed by atoms with Crippen molar-refractivity contribution in [3.8, 4) is 17.6 Å². The van der Waals surface area contributed by atoms with E-state index in [0.717, 1.165) is 0 Å². The largest absolute Gasteiger partial charge is 0.492 e. The Labute approximate surface area is 112 Å². The van der Waals surface area contributed by atoms with Crippen molar-refractivity contribution in [2.45, 2.75) is 20.8 Å². The minimum Gasteiger partial charge on any atom is -0.492 e. The average Bonchev–Trinajstić information content (AvgIpc) is 2.39. The average molecular weight is 263 g/mol. The Morgan fingerprint density at radius 3 is 2.00 bits per heavy atom. The number of hydrogen-bond acceptors (Lipinski definition) is 5. The summed E-state index contributed by atoms with van der Waals surface area (Å²) >= 11 is 0. The third-order valence-corrected chi connectivity index (χ3v) is 2.29. The van der Waals surface area contributed by atoms with Crippen LogP contribution in [0.4, 0.5) is 0 Å². The Morgan fingerprint density at radius 1 is 1.11 bits per heavy atom. The Bertz CT molecular complexity index is 464. The lowest BCUT2D eigenvalue weighted by molar-refractivity contribution is 0.0525. The SMILES string of the molecule is CCOC(=O)c1cc(OCC)c(C#N)c(OCC)c1. The predicted octanol–water partition coefficient (Wildman–Crippen LogP) is 2.53. The van der Waals surface area contributed by atoms with Gasteiger partial charge in [0.2, 0.25) is 0 Å². The Morgan fingerprint density at radius 2 is 1.63 bits per heavy atom. The van der Waals surface area contributed by atoms with Crippen molar-refractivity contribution in [2.75, 3.05) is 19.8 Å². The first-order valence-electron chi connectivity index (χ1n) is 6.18. The van der Waals surface area contributed by atoms with Gasteiger partial charge in [-0.05, 0) is 32.9 Å². The minimum absolute atomic E-state index is 0.284. The van der Waals surface area contributed by atoms with Crippen LogP contribution in [0.25, 0.3) is 0 Å². The van der Waals surface area contributed by atoms with Gasteiger partial charge in [-0.1, -0.05) is 0 Å². The molecule has 0 heterocycles. The maximum Gasteiger partial charge on any atom is 0.338 e. The highest BCUT2D eigenvalue weighted by Crippen LogP contribution is 2.30. The van der Waals surface area contributed by atoms with Gasteiger partial charge in [0, 0.05) is 0 Å². The van der Waals surface area contributed by atoms with Crippen molar-refractivity contribution >= 4 is 5.97 Å². The number of nitrogens with zero attached hydrogens (tertiary/aromatic N) is 1. The number of rotatable bonds is 6. The number of carbonyl (C=O) groups is 1. The lowest BCUT2D eigenvalue weighted by Gasteiger charge is -2.12. The second-order valence-electron chi connectivity index (χ2n) is 3.55. The van der Waals surface area contributed by atoms with Crippen molar-refractivity contribution in [1.29, 1.82) is 5.26 Å². The molecule has 0 aliphatic heterocycles. The summed E-state index contributed by atoms with van der Waals surface area (Å²) in [6, 6.07) is 5.03. The highest BCUT2D eigenvalue weighted by Gasteiger charge is 2.17. The van der Waals surface area contributed by atoms with Gasteiger partial charge in [-0.25, -0.2) is 4.79 Å². The summed E-state index contributed by atoms with van der Waals surface area (Å²) in [4.78, 5) is 11.7. The molecule has 0 radical (unpaired) electrons. The molecule has 0 unspecified atom stereocenters. The molecule has 5 nitrogen and oxygen atoms in total. The zero-order chi connectivity index (χ0) is 14.3. The molecule has 0 aromatic heterocycles. The Hall–Kier alpha value is -2.22. The van der Waals surface area contributed by atoms with Gasteiger partial charge < -0.3 is 14.2 Å². The third kappa shape index (κ3) is 3.62. The van der Waals surface area contributed by atoms with E-state index in [9.17, 15) is 4.79 Å². The zero-order valence-electron chi connectivity index (χ0n) is 11.4. The van der Waals surface area contributed by atoms with Gasteiger partial charge in [-0.2, -0.15) is 5.26 Å². The molecule has 0 aliphatic carbocycles. The molecule has 0 bridgehead atoms. The number of carbonyl (C=O) groups excluding carboxylic acids is 1. The van der Waals surface area contributed by atoms with Crippen LogP contribution in [0.2, 0.25) is 0 Å². The van der Waals surface area contributed by atoms with Crippen molar-refractivity contribution in [2.24, 2.45) is 0 Å². The maximum absolute atomic E-state index is 11.7. The highest BCUT2D eigenvalue weighted by atomic mass is 16.5. The van der Waals surface area contributed by atoms with Gasteiger partial charge in [-0.3, -0.25) is 0 Å². The van der Waals surface area contributed by atoms with Gasteiger partial charge in [0.1, 0.15) is 23.1 Å². The molecule has 0 atom stereocenters. The molecule has 0 aliphatic rings. The monoisotopic (exact) mass is 263 g/mol. The van der Waals surface area contributed by atoms with Gasteiger partial charge in [0.15, 0.2) is 0 Å². The molecular formula is C14H17NO4. The van der Waals surface area contributed by atoms with E-state index < -0.39 is 5.97 Å². The fraction of sp³-hybridized carbons (Fsp3) is 0.429. The molecule has 0 saturated heterocycles. The summed E-state index contributed by atoms with van der Waals surface area (Å²) in [5.74, 6) is 0.201. The molecule has 0 amide bonds. The van der Waals surface area contributed by atoms with E-state index in [4.69, 9.17) is 19.5 Å². The first-order valence-corrected chi connectivity index (χ1v) is 6.18. The van der Waals surface area contributed by atoms with E-state index in [1.807, 2.05) is 6.07 Å². The van der Waals surface area contributed by atoms with Crippen LogP contribution in [0.1, 0.15) is 36.7 Å². The van der Waals surface area contributed by atoms with Crippen LogP contribution in [0, 0.1) is 11.3 Å². The van der Waals surface area contributed by atoms with Crippen LogP contribution in [0.15, 0.2) is 12.1 Å². The quantitative estimate of drug-likeness (QED) is 0.738. The van der Waals surface area contributed by atoms with Gasteiger partial charge in [-0.15, -0.1) is 0 Å². The number of esters is 1. The first-order chi connectivity index (χ1) is 9.17. The first kappa shape index (κ1) is 14.8. The van der Waals surface area contributed by atoms with Crippen LogP contribution >= 0.6 is 0 Å². The molecule has 0 spiro atoms. The Kier molecular flexibility index (Phi) is 5.68. The van der Waals surface area contributed by atoms with Crippen molar-refractivity contribution in [3.05, 3.63) is 23.3 Å². The summed E-state index contributed by atoms with van der Waals surface area (Å²) < 4.78 is 15.7. The maximum atomic E-state index is 11.7. The number of ether oxygens (including phenoxy) is 3. The fourth-order valence-electron chi connectivity index (χ4n) is 1.57. The van der Waals surface area contributed by atoms with E-state index >= 15 is 0 Å². The number of benzene rings is 1. The number of hydrogen-bond donors (Lipinski definition) is 0. The summed E-state index contributed by atoms with van der Waals surface area (Å²) in [5, 5.41) is 9.16. The molecule has 1 aromatic carbocycles. The van der Waals surface area contributed by atoms with E-state index in [2.05, 4.69) is 0 Å². The summed E-state index contributed by atoms with van der Waals surface area (Å²) in [6.07, 6.45) is 0. The van der Waals surface area contributed by atoms with Crippen LogP contribution < -0.4 is 9.47 Å². The smallest absolute Gasteiger partial charge is 0.338 e. The standard InChI is InChI=1S/C14H17NO4/c1-4-17-12-7-10(14(16)19-6-3)8-13(18-5-2)11(12)9-15/h7-8H,4-6H2,1-3H3. The normalized spacial score (nSPS) is 9.58. The van der Waals surface area contributed by atoms with E-state index in [-0.39, 0.29) is 12.2 Å². The van der Waals surface area contributed by atoms with E-state index in [0.29, 0.717) is 30.3 Å². The van der Waals surface area contributed by atoms with Gasteiger partial charge in [0.05, 0.1) is 25.4 Å². The molecule has 19 heavy (non-hydrogen) atoms. The second-order valence-corrected chi connectivity index (χ2v) is 3.55. The molecule has 0 fully saturated rings. The van der Waals surface area contributed by atoms with Crippen molar-refractivity contribution < 1.29 is 19.0 Å². The molecular weight excluding hydrogens is 246 g/mol. The van der Waals surface area contributed by atoms with Crippen LogP contribution in [0.5, 0.6) is 11.5 Å². The molecule has 102 valence electrons. The summed E-state index contributed by atoms with van der Waals surface area (Å²) in [5.41, 5.74) is 0.601. The molecule has 5 heteroatoms. The van der Waals surface area contributed by atoms with Crippen LogP contribution in [-0.2, 0) is 4.74 Å². The van der Waals surface area contributed by atoms with E-state index in [1.54, 1.807) is 20.8 Å². The molecule has 1 rings (SSSR count). The molecule has 0 saturated carbocycles. The van der Waals surface area contributed by atoms with Crippen LogP contribution in [-0.4, -0.2) is 25.8 Å². The van der Waals surface area contributed by atoms with Crippen molar-refractivity contribution in [1.82, 2.24) is 0 Å². The third-order valence-electron chi connectivity index (χ3n) is 2.29. The minimum atomic E-state index is -0.464. The lowest BCUT2D eigenvalue weighted by atomic mass is 10.1.